The van der Waals surface area contributed by atoms with Gasteiger partial charge in [0.2, 0.25) is 0 Å². The standard InChI is InChI=1S/C15H23N3S2/c1-12-7-8-14(17-11-12)18-15(19)16-9-10-20-13-5-3-2-4-6-13/h7-8,11,13H,2-6,9-10H2,1H3,(H2,16,17,18,19). The Hall–Kier alpha value is -0.810. The maximum Gasteiger partial charge on any atom is 0.171 e. The molecular formula is C15H23N3S2. The number of thiocarbonyl (C=S) groups is 1. The third-order valence-corrected chi connectivity index (χ3v) is 5.08. The van der Waals surface area contributed by atoms with E-state index in [2.05, 4.69) is 27.4 Å². The van der Waals surface area contributed by atoms with Crippen molar-refractivity contribution in [1.82, 2.24) is 10.3 Å². The lowest BCUT2D eigenvalue weighted by molar-refractivity contribution is 0.516. The molecule has 1 aliphatic carbocycles. The summed E-state index contributed by atoms with van der Waals surface area (Å²) in [7, 11) is 0. The van der Waals surface area contributed by atoms with Gasteiger partial charge in [-0.2, -0.15) is 11.8 Å². The van der Waals surface area contributed by atoms with Crippen molar-refractivity contribution in [3.05, 3.63) is 23.9 Å². The number of nitrogens with zero attached hydrogens (tertiary/aromatic N) is 1. The lowest BCUT2D eigenvalue weighted by atomic mass is 10.0. The first-order valence-electron chi connectivity index (χ1n) is 7.33. The number of hydrogen-bond acceptors (Lipinski definition) is 3. The molecule has 3 nitrogen and oxygen atoms in total. The Bertz CT molecular complexity index is 414. The highest BCUT2D eigenvalue weighted by Gasteiger charge is 2.12. The normalized spacial score (nSPS) is 15.8. The van der Waals surface area contributed by atoms with Crippen molar-refractivity contribution in [2.75, 3.05) is 17.6 Å². The van der Waals surface area contributed by atoms with Crippen molar-refractivity contribution in [1.29, 1.82) is 0 Å². The number of aromatic nitrogens is 1. The van der Waals surface area contributed by atoms with E-state index in [1.54, 1.807) is 0 Å². The zero-order valence-corrected chi connectivity index (χ0v) is 13.7. The summed E-state index contributed by atoms with van der Waals surface area (Å²) in [4.78, 5) is 4.28. The second-order valence-electron chi connectivity index (χ2n) is 5.23. The van der Waals surface area contributed by atoms with Crippen molar-refractivity contribution in [2.45, 2.75) is 44.3 Å². The molecule has 0 aliphatic heterocycles. The predicted octanol–water partition coefficient (Wildman–Crippen LogP) is 3.74. The van der Waals surface area contributed by atoms with Crippen LogP contribution in [0.1, 0.15) is 37.7 Å². The number of rotatable bonds is 5. The van der Waals surface area contributed by atoms with Gasteiger partial charge >= 0.3 is 0 Å². The van der Waals surface area contributed by atoms with Gasteiger partial charge in [-0.05, 0) is 43.6 Å². The Kier molecular flexibility index (Phi) is 6.60. The molecule has 2 rings (SSSR count). The molecule has 0 unspecified atom stereocenters. The summed E-state index contributed by atoms with van der Waals surface area (Å²) in [5, 5.41) is 7.88. The maximum absolute atomic E-state index is 5.27. The Balaban J connectivity index is 1.59. The van der Waals surface area contributed by atoms with Crippen LogP contribution < -0.4 is 10.6 Å². The number of pyridine rings is 1. The molecule has 1 saturated carbocycles. The molecule has 1 heterocycles. The number of thioether (sulfide) groups is 1. The van der Waals surface area contributed by atoms with E-state index in [0.29, 0.717) is 5.11 Å². The molecule has 110 valence electrons. The van der Waals surface area contributed by atoms with Crippen molar-refractivity contribution in [3.8, 4) is 0 Å². The quantitative estimate of drug-likeness (QED) is 0.640. The lowest BCUT2D eigenvalue weighted by Crippen LogP contribution is -2.31. The minimum atomic E-state index is 0.658. The van der Waals surface area contributed by atoms with Gasteiger partial charge in [0.1, 0.15) is 5.82 Å². The zero-order chi connectivity index (χ0) is 14.2. The summed E-state index contributed by atoms with van der Waals surface area (Å²) < 4.78 is 0. The number of aryl methyl sites for hydroxylation is 1. The van der Waals surface area contributed by atoms with Crippen LogP contribution in [0, 0.1) is 6.92 Å². The molecule has 0 bridgehead atoms. The van der Waals surface area contributed by atoms with E-state index in [-0.39, 0.29) is 0 Å². The largest absolute Gasteiger partial charge is 0.362 e. The van der Waals surface area contributed by atoms with Crippen LogP contribution in [0.5, 0.6) is 0 Å². The van der Waals surface area contributed by atoms with Crippen LogP contribution in [0.25, 0.3) is 0 Å². The number of anilines is 1. The van der Waals surface area contributed by atoms with Gasteiger partial charge in [0.05, 0.1) is 0 Å². The molecule has 0 aromatic carbocycles. The topological polar surface area (TPSA) is 37.0 Å². The van der Waals surface area contributed by atoms with Crippen LogP contribution in [0.15, 0.2) is 18.3 Å². The van der Waals surface area contributed by atoms with E-state index in [9.17, 15) is 0 Å². The van der Waals surface area contributed by atoms with Crippen molar-refractivity contribution >= 4 is 34.9 Å². The molecule has 0 amide bonds. The van der Waals surface area contributed by atoms with Crippen LogP contribution in [-0.4, -0.2) is 27.6 Å². The summed E-state index contributed by atoms with van der Waals surface area (Å²) in [5.41, 5.74) is 1.15. The van der Waals surface area contributed by atoms with Gasteiger partial charge in [-0.3, -0.25) is 0 Å². The van der Waals surface area contributed by atoms with Crippen LogP contribution in [0.2, 0.25) is 0 Å². The van der Waals surface area contributed by atoms with E-state index in [1.165, 1.54) is 32.1 Å². The monoisotopic (exact) mass is 309 g/mol. The fraction of sp³-hybridized carbons (Fsp3) is 0.600. The van der Waals surface area contributed by atoms with Gasteiger partial charge in [-0.15, -0.1) is 0 Å². The summed E-state index contributed by atoms with van der Waals surface area (Å²) in [5.74, 6) is 1.92. The van der Waals surface area contributed by atoms with Gasteiger partial charge in [0.25, 0.3) is 0 Å². The predicted molar refractivity (Wildman–Crippen MR) is 92.5 cm³/mol. The first-order valence-corrected chi connectivity index (χ1v) is 8.79. The Morgan fingerprint density at radius 2 is 2.15 bits per heavy atom. The second kappa shape index (κ2) is 8.47. The zero-order valence-electron chi connectivity index (χ0n) is 12.0. The summed E-state index contributed by atoms with van der Waals surface area (Å²) in [6, 6.07) is 3.97. The third-order valence-electron chi connectivity index (χ3n) is 3.45. The molecule has 0 atom stereocenters. The molecule has 1 aliphatic rings. The Morgan fingerprint density at radius 1 is 1.35 bits per heavy atom. The molecule has 0 saturated heterocycles. The SMILES string of the molecule is Cc1ccc(NC(=S)NCCSC2CCCCC2)nc1. The Labute approximate surface area is 131 Å². The first-order chi connectivity index (χ1) is 9.74. The van der Waals surface area contributed by atoms with E-state index in [1.807, 2.05) is 25.3 Å². The van der Waals surface area contributed by atoms with E-state index < -0.39 is 0 Å². The van der Waals surface area contributed by atoms with Crippen molar-refractivity contribution < 1.29 is 0 Å². The summed E-state index contributed by atoms with van der Waals surface area (Å²) in [6.07, 6.45) is 8.85. The minimum Gasteiger partial charge on any atom is -0.362 e. The number of nitrogens with one attached hydrogen (secondary N) is 2. The average molecular weight is 310 g/mol. The van der Waals surface area contributed by atoms with E-state index in [4.69, 9.17) is 12.2 Å². The Morgan fingerprint density at radius 3 is 2.85 bits per heavy atom. The molecule has 20 heavy (non-hydrogen) atoms. The average Bonchev–Trinajstić information content (AvgIpc) is 2.47. The molecule has 2 N–H and O–H groups in total. The first kappa shape index (κ1) is 15.6. The molecule has 1 aromatic heterocycles. The van der Waals surface area contributed by atoms with Crippen molar-refractivity contribution in [2.24, 2.45) is 0 Å². The summed E-state index contributed by atoms with van der Waals surface area (Å²) in [6.45, 7) is 2.94. The highest BCUT2D eigenvalue weighted by molar-refractivity contribution is 7.99. The molecule has 1 fully saturated rings. The lowest BCUT2D eigenvalue weighted by Gasteiger charge is -2.21. The molecule has 0 spiro atoms. The smallest absolute Gasteiger partial charge is 0.171 e. The fourth-order valence-corrected chi connectivity index (χ4v) is 3.75. The molecular weight excluding hydrogens is 286 g/mol. The van der Waals surface area contributed by atoms with E-state index in [0.717, 1.165) is 28.9 Å². The van der Waals surface area contributed by atoms with Gasteiger partial charge in [0, 0.05) is 23.7 Å². The van der Waals surface area contributed by atoms with Crippen LogP contribution in [0.3, 0.4) is 0 Å². The van der Waals surface area contributed by atoms with Gasteiger partial charge in [-0.1, -0.05) is 25.3 Å². The van der Waals surface area contributed by atoms with Crippen LogP contribution in [-0.2, 0) is 0 Å². The minimum absolute atomic E-state index is 0.658. The highest BCUT2D eigenvalue weighted by atomic mass is 32.2. The second-order valence-corrected chi connectivity index (χ2v) is 7.05. The summed E-state index contributed by atoms with van der Waals surface area (Å²) >= 11 is 7.35. The highest BCUT2D eigenvalue weighted by Crippen LogP contribution is 2.27. The van der Waals surface area contributed by atoms with Crippen LogP contribution in [0.4, 0.5) is 5.82 Å². The van der Waals surface area contributed by atoms with Crippen LogP contribution >= 0.6 is 24.0 Å². The molecule has 0 radical (unpaired) electrons. The third kappa shape index (κ3) is 5.67. The van der Waals surface area contributed by atoms with Gasteiger partial charge in [0.15, 0.2) is 5.11 Å². The van der Waals surface area contributed by atoms with Gasteiger partial charge < -0.3 is 10.6 Å². The fourth-order valence-electron chi connectivity index (χ4n) is 2.32. The van der Waals surface area contributed by atoms with E-state index >= 15 is 0 Å². The molecule has 1 aromatic rings. The maximum atomic E-state index is 5.27. The number of hydrogen-bond donors (Lipinski definition) is 2. The van der Waals surface area contributed by atoms with Gasteiger partial charge in [-0.25, -0.2) is 4.98 Å². The molecule has 5 heteroatoms. The van der Waals surface area contributed by atoms with Crippen molar-refractivity contribution in [3.63, 3.8) is 0 Å².